The monoisotopic (exact) mass is 323 g/mol. The van der Waals surface area contributed by atoms with Crippen LogP contribution in [0.3, 0.4) is 0 Å². The lowest BCUT2D eigenvalue weighted by atomic mass is 10.2. The van der Waals surface area contributed by atoms with Crippen LogP contribution in [0.15, 0.2) is 56.7 Å². The summed E-state index contributed by atoms with van der Waals surface area (Å²) in [5.41, 5.74) is 6.02. The third-order valence-electron chi connectivity index (χ3n) is 2.30. The molecule has 0 atom stereocenters. The molecule has 2 rings (SSSR count). The summed E-state index contributed by atoms with van der Waals surface area (Å²) in [7, 11) is 0. The Bertz CT molecular complexity index is 584. The summed E-state index contributed by atoms with van der Waals surface area (Å²) in [6.45, 7) is 0. The highest BCUT2D eigenvalue weighted by molar-refractivity contribution is 9.10. The second-order valence-electron chi connectivity index (χ2n) is 3.61. The molecule has 0 bridgehead atoms. The molecule has 0 unspecified atom stereocenters. The summed E-state index contributed by atoms with van der Waals surface area (Å²) >= 11 is 4.86. The van der Waals surface area contributed by atoms with Crippen molar-refractivity contribution >= 4 is 39.3 Å². The first-order chi connectivity index (χ1) is 8.56. The molecular formula is C13H10BrNO2S. The Morgan fingerprint density at radius 3 is 2.33 bits per heavy atom. The number of carboxylic acid groups (broad SMARTS) is 1. The van der Waals surface area contributed by atoms with E-state index in [1.807, 2.05) is 30.3 Å². The van der Waals surface area contributed by atoms with Crippen LogP contribution in [-0.2, 0) is 0 Å². The second-order valence-corrected chi connectivity index (χ2v) is 5.67. The molecule has 18 heavy (non-hydrogen) atoms. The van der Waals surface area contributed by atoms with Gasteiger partial charge in [0.1, 0.15) is 0 Å². The fourth-order valence-corrected chi connectivity index (χ4v) is 2.54. The molecule has 0 spiro atoms. The van der Waals surface area contributed by atoms with Gasteiger partial charge in [-0.2, -0.15) is 0 Å². The molecule has 0 heterocycles. The zero-order chi connectivity index (χ0) is 13.1. The number of hydrogen-bond acceptors (Lipinski definition) is 3. The van der Waals surface area contributed by atoms with Crippen molar-refractivity contribution in [1.82, 2.24) is 0 Å². The molecular weight excluding hydrogens is 314 g/mol. The van der Waals surface area contributed by atoms with Gasteiger partial charge in [-0.15, -0.1) is 0 Å². The average Bonchev–Trinajstić information content (AvgIpc) is 2.34. The van der Waals surface area contributed by atoms with Crippen LogP contribution in [-0.4, -0.2) is 11.1 Å². The van der Waals surface area contributed by atoms with Crippen molar-refractivity contribution in [3.8, 4) is 0 Å². The van der Waals surface area contributed by atoms with E-state index >= 15 is 0 Å². The Hall–Kier alpha value is -1.46. The summed E-state index contributed by atoms with van der Waals surface area (Å²) in [6, 6.07) is 12.8. The third-order valence-corrected chi connectivity index (χ3v) is 3.83. The highest BCUT2D eigenvalue weighted by atomic mass is 79.9. The molecule has 2 aromatic carbocycles. The molecule has 0 radical (unpaired) electrons. The Kier molecular flexibility index (Phi) is 3.93. The highest BCUT2D eigenvalue weighted by Gasteiger charge is 2.09. The van der Waals surface area contributed by atoms with Crippen molar-refractivity contribution in [3.63, 3.8) is 0 Å². The standard InChI is InChI=1S/C13H10BrNO2S/c14-8-1-3-9(4-2-8)18-10-5-6-12(15)11(7-10)13(16)17/h1-7H,15H2,(H,16,17). The number of nitrogen functional groups attached to an aromatic ring is 1. The zero-order valence-electron chi connectivity index (χ0n) is 9.26. The third kappa shape index (κ3) is 3.05. The normalized spacial score (nSPS) is 10.3. The Morgan fingerprint density at radius 2 is 1.72 bits per heavy atom. The van der Waals surface area contributed by atoms with E-state index in [4.69, 9.17) is 10.8 Å². The maximum Gasteiger partial charge on any atom is 0.337 e. The highest BCUT2D eigenvalue weighted by Crippen LogP contribution is 2.30. The first-order valence-electron chi connectivity index (χ1n) is 5.12. The number of halogens is 1. The molecule has 92 valence electrons. The van der Waals surface area contributed by atoms with Crippen LogP contribution in [0.5, 0.6) is 0 Å². The van der Waals surface area contributed by atoms with Gasteiger partial charge in [-0.25, -0.2) is 4.79 Å². The zero-order valence-corrected chi connectivity index (χ0v) is 11.7. The van der Waals surface area contributed by atoms with E-state index in [9.17, 15) is 4.79 Å². The molecule has 0 aliphatic heterocycles. The maximum atomic E-state index is 11.0. The molecule has 0 fully saturated rings. The van der Waals surface area contributed by atoms with E-state index in [1.165, 1.54) is 11.8 Å². The number of rotatable bonds is 3. The minimum absolute atomic E-state index is 0.136. The SMILES string of the molecule is Nc1ccc(Sc2ccc(Br)cc2)cc1C(=O)O. The summed E-state index contributed by atoms with van der Waals surface area (Å²) in [4.78, 5) is 12.9. The topological polar surface area (TPSA) is 63.3 Å². The van der Waals surface area contributed by atoms with Crippen LogP contribution in [0.2, 0.25) is 0 Å². The van der Waals surface area contributed by atoms with Crippen molar-refractivity contribution in [2.75, 3.05) is 5.73 Å². The second kappa shape index (κ2) is 5.46. The molecule has 3 N–H and O–H groups in total. The summed E-state index contributed by atoms with van der Waals surface area (Å²) in [5, 5.41) is 9.00. The van der Waals surface area contributed by atoms with Gasteiger partial charge in [-0.1, -0.05) is 27.7 Å². The van der Waals surface area contributed by atoms with Gasteiger partial charge >= 0.3 is 5.97 Å². The number of benzene rings is 2. The molecule has 5 heteroatoms. The van der Waals surface area contributed by atoms with E-state index < -0.39 is 5.97 Å². The Balaban J connectivity index is 2.27. The van der Waals surface area contributed by atoms with Gasteiger partial charge < -0.3 is 10.8 Å². The van der Waals surface area contributed by atoms with E-state index in [2.05, 4.69) is 15.9 Å². The molecule has 0 saturated carbocycles. The number of hydrogen-bond donors (Lipinski definition) is 2. The minimum Gasteiger partial charge on any atom is -0.478 e. The lowest BCUT2D eigenvalue weighted by Gasteiger charge is -2.05. The molecule has 0 amide bonds. The van der Waals surface area contributed by atoms with Gasteiger partial charge in [0, 0.05) is 20.0 Å². The van der Waals surface area contributed by atoms with Crippen LogP contribution >= 0.6 is 27.7 Å². The molecule has 0 saturated heterocycles. The molecule has 0 aliphatic rings. The molecule has 2 aromatic rings. The first-order valence-corrected chi connectivity index (χ1v) is 6.73. The molecule has 0 aliphatic carbocycles. The lowest BCUT2D eigenvalue weighted by Crippen LogP contribution is -2.01. The van der Waals surface area contributed by atoms with E-state index in [-0.39, 0.29) is 11.3 Å². The summed E-state index contributed by atoms with van der Waals surface area (Å²) < 4.78 is 1.01. The van der Waals surface area contributed by atoms with E-state index in [0.29, 0.717) is 0 Å². The van der Waals surface area contributed by atoms with Gasteiger partial charge in [-0.3, -0.25) is 0 Å². The van der Waals surface area contributed by atoms with E-state index in [1.54, 1.807) is 12.1 Å². The quantitative estimate of drug-likeness (QED) is 0.841. The number of aromatic carboxylic acids is 1. The number of anilines is 1. The van der Waals surface area contributed by atoms with Crippen LogP contribution in [0.1, 0.15) is 10.4 Å². The number of carboxylic acids is 1. The Labute approximate surface area is 117 Å². The summed E-state index contributed by atoms with van der Waals surface area (Å²) in [5.74, 6) is -1.01. The van der Waals surface area contributed by atoms with Crippen molar-refractivity contribution in [3.05, 3.63) is 52.5 Å². The Morgan fingerprint density at radius 1 is 1.11 bits per heavy atom. The minimum atomic E-state index is -1.01. The van der Waals surface area contributed by atoms with E-state index in [0.717, 1.165) is 14.3 Å². The van der Waals surface area contributed by atoms with Crippen molar-refractivity contribution in [1.29, 1.82) is 0 Å². The number of nitrogens with two attached hydrogens (primary N) is 1. The molecule has 0 aromatic heterocycles. The predicted octanol–water partition coefficient (Wildman–Crippen LogP) is 3.88. The first kappa shape index (κ1) is 13.0. The van der Waals surface area contributed by atoms with Gasteiger partial charge in [-0.05, 0) is 42.5 Å². The van der Waals surface area contributed by atoms with Crippen molar-refractivity contribution < 1.29 is 9.90 Å². The van der Waals surface area contributed by atoms with Crippen molar-refractivity contribution in [2.45, 2.75) is 9.79 Å². The lowest BCUT2D eigenvalue weighted by molar-refractivity contribution is 0.0698. The maximum absolute atomic E-state index is 11.0. The van der Waals surface area contributed by atoms with Crippen molar-refractivity contribution in [2.24, 2.45) is 0 Å². The van der Waals surface area contributed by atoms with Crippen LogP contribution in [0, 0.1) is 0 Å². The largest absolute Gasteiger partial charge is 0.478 e. The fraction of sp³-hybridized carbons (Fsp3) is 0. The van der Waals surface area contributed by atoms with Crippen LogP contribution in [0.25, 0.3) is 0 Å². The number of carbonyl (C=O) groups is 1. The summed E-state index contributed by atoms with van der Waals surface area (Å²) in [6.07, 6.45) is 0. The van der Waals surface area contributed by atoms with Crippen LogP contribution < -0.4 is 5.73 Å². The van der Waals surface area contributed by atoms with Gasteiger partial charge in [0.25, 0.3) is 0 Å². The fourth-order valence-electron chi connectivity index (χ4n) is 1.42. The predicted molar refractivity (Wildman–Crippen MR) is 76.1 cm³/mol. The van der Waals surface area contributed by atoms with Crippen LogP contribution in [0.4, 0.5) is 5.69 Å². The average molecular weight is 324 g/mol. The van der Waals surface area contributed by atoms with Gasteiger partial charge in [0.2, 0.25) is 0 Å². The smallest absolute Gasteiger partial charge is 0.337 e. The van der Waals surface area contributed by atoms with Gasteiger partial charge in [0.15, 0.2) is 0 Å². The van der Waals surface area contributed by atoms with Gasteiger partial charge in [0.05, 0.1) is 5.56 Å². The molecule has 3 nitrogen and oxygen atoms in total.